The molecule has 22 heavy (non-hydrogen) atoms. The lowest BCUT2D eigenvalue weighted by atomic mass is 10.2. The van der Waals surface area contributed by atoms with Crippen LogP contribution in [0.3, 0.4) is 0 Å². The number of aromatic nitrogens is 2. The number of esters is 1. The van der Waals surface area contributed by atoms with Crippen LogP contribution >= 0.6 is 0 Å². The van der Waals surface area contributed by atoms with Crippen LogP contribution in [0.5, 0.6) is 0 Å². The first-order valence-corrected chi connectivity index (χ1v) is 7.86. The standard InChI is InChI=1S/C17H21N3O2/c1-2-22-17(21)15-12-20(14-10-4-3-5-11-14)19-16(15)18-13-8-6-7-9-13/h3-5,10-13H,2,6-9H2,1H3,(H,18,19). The van der Waals surface area contributed by atoms with Crippen molar-refractivity contribution < 1.29 is 9.53 Å². The molecule has 1 saturated carbocycles. The summed E-state index contributed by atoms with van der Waals surface area (Å²) in [7, 11) is 0. The molecule has 1 aliphatic rings. The summed E-state index contributed by atoms with van der Waals surface area (Å²) >= 11 is 0. The molecule has 1 N–H and O–H groups in total. The molecule has 1 aromatic carbocycles. The molecule has 0 aliphatic heterocycles. The topological polar surface area (TPSA) is 56.2 Å². The quantitative estimate of drug-likeness (QED) is 0.860. The van der Waals surface area contributed by atoms with E-state index in [9.17, 15) is 4.79 Å². The molecule has 0 radical (unpaired) electrons. The number of nitrogens with zero attached hydrogens (tertiary/aromatic N) is 2. The summed E-state index contributed by atoms with van der Waals surface area (Å²) in [4.78, 5) is 12.2. The van der Waals surface area contributed by atoms with Crippen molar-refractivity contribution >= 4 is 11.8 Å². The summed E-state index contributed by atoms with van der Waals surface area (Å²) in [5, 5.41) is 7.96. The fourth-order valence-corrected chi connectivity index (χ4v) is 2.82. The maximum atomic E-state index is 12.2. The minimum atomic E-state index is -0.329. The lowest BCUT2D eigenvalue weighted by molar-refractivity contribution is 0.0527. The van der Waals surface area contributed by atoms with E-state index in [1.54, 1.807) is 10.9 Å². The van der Waals surface area contributed by atoms with Crippen molar-refractivity contribution in [3.8, 4) is 5.69 Å². The van der Waals surface area contributed by atoms with E-state index in [1.165, 1.54) is 12.8 Å². The van der Waals surface area contributed by atoms with Crippen LogP contribution in [0.25, 0.3) is 5.69 Å². The molecule has 1 aromatic heterocycles. The highest BCUT2D eigenvalue weighted by atomic mass is 16.5. The molecule has 0 amide bonds. The number of hydrogen-bond donors (Lipinski definition) is 1. The molecule has 1 aliphatic carbocycles. The number of rotatable bonds is 5. The first kappa shape index (κ1) is 14.6. The molecule has 1 fully saturated rings. The Balaban J connectivity index is 1.91. The van der Waals surface area contributed by atoms with E-state index in [2.05, 4.69) is 10.4 Å². The first-order valence-electron chi connectivity index (χ1n) is 7.86. The van der Waals surface area contributed by atoms with Gasteiger partial charge >= 0.3 is 5.97 Å². The van der Waals surface area contributed by atoms with E-state index < -0.39 is 0 Å². The van der Waals surface area contributed by atoms with Crippen molar-refractivity contribution in [3.63, 3.8) is 0 Å². The Bertz CT molecular complexity index is 631. The molecular weight excluding hydrogens is 278 g/mol. The Morgan fingerprint density at radius 2 is 2.05 bits per heavy atom. The van der Waals surface area contributed by atoms with Gasteiger partial charge in [0.15, 0.2) is 5.82 Å². The Labute approximate surface area is 130 Å². The summed E-state index contributed by atoms with van der Waals surface area (Å²) < 4.78 is 6.88. The van der Waals surface area contributed by atoms with Crippen molar-refractivity contribution in [2.75, 3.05) is 11.9 Å². The van der Waals surface area contributed by atoms with Gasteiger partial charge in [0, 0.05) is 12.2 Å². The Morgan fingerprint density at radius 3 is 2.73 bits per heavy atom. The fourth-order valence-electron chi connectivity index (χ4n) is 2.82. The molecular formula is C17H21N3O2. The summed E-state index contributed by atoms with van der Waals surface area (Å²) in [6.45, 7) is 2.17. The van der Waals surface area contributed by atoms with Gasteiger partial charge < -0.3 is 10.1 Å². The molecule has 5 heteroatoms. The average Bonchev–Trinajstić information content (AvgIpc) is 3.19. The van der Waals surface area contributed by atoms with Crippen molar-refractivity contribution in [2.45, 2.75) is 38.6 Å². The molecule has 3 rings (SSSR count). The number of anilines is 1. The monoisotopic (exact) mass is 299 g/mol. The zero-order chi connectivity index (χ0) is 15.4. The predicted octanol–water partition coefficient (Wildman–Crippen LogP) is 3.40. The van der Waals surface area contributed by atoms with Crippen LogP contribution in [0.2, 0.25) is 0 Å². The molecule has 0 atom stereocenters. The van der Waals surface area contributed by atoms with Gasteiger partial charge in [0.25, 0.3) is 0 Å². The third-order valence-corrected chi connectivity index (χ3v) is 3.93. The maximum Gasteiger partial charge on any atom is 0.343 e. The van der Waals surface area contributed by atoms with Gasteiger partial charge in [-0.15, -0.1) is 5.10 Å². The SMILES string of the molecule is CCOC(=O)c1cn(-c2ccccc2)nc1NC1CCCC1. The van der Waals surface area contributed by atoms with Crippen LogP contribution in [-0.2, 0) is 4.74 Å². The van der Waals surface area contributed by atoms with E-state index in [0.29, 0.717) is 24.0 Å². The molecule has 2 aromatic rings. The molecule has 116 valence electrons. The third kappa shape index (κ3) is 3.13. The van der Waals surface area contributed by atoms with Crippen LogP contribution in [0, 0.1) is 0 Å². The van der Waals surface area contributed by atoms with E-state index in [4.69, 9.17) is 4.74 Å². The largest absolute Gasteiger partial charge is 0.462 e. The van der Waals surface area contributed by atoms with E-state index in [0.717, 1.165) is 18.5 Å². The number of ether oxygens (including phenoxy) is 1. The van der Waals surface area contributed by atoms with Gasteiger partial charge in [-0.2, -0.15) is 0 Å². The number of carbonyl (C=O) groups is 1. The molecule has 0 bridgehead atoms. The Morgan fingerprint density at radius 1 is 1.32 bits per heavy atom. The van der Waals surface area contributed by atoms with Crippen LogP contribution < -0.4 is 5.32 Å². The molecule has 0 spiro atoms. The van der Waals surface area contributed by atoms with Crippen molar-refractivity contribution in [1.29, 1.82) is 0 Å². The lowest BCUT2D eigenvalue weighted by Crippen LogP contribution is -2.17. The second-order valence-corrected chi connectivity index (χ2v) is 5.52. The van der Waals surface area contributed by atoms with Gasteiger partial charge in [-0.1, -0.05) is 31.0 Å². The van der Waals surface area contributed by atoms with E-state index in [-0.39, 0.29) is 5.97 Å². The highest BCUT2D eigenvalue weighted by Crippen LogP contribution is 2.25. The van der Waals surface area contributed by atoms with Gasteiger partial charge in [0.2, 0.25) is 0 Å². The van der Waals surface area contributed by atoms with Crippen LogP contribution in [0.15, 0.2) is 36.5 Å². The van der Waals surface area contributed by atoms with Crippen molar-refractivity contribution in [1.82, 2.24) is 9.78 Å². The van der Waals surface area contributed by atoms with Crippen molar-refractivity contribution in [2.24, 2.45) is 0 Å². The second kappa shape index (κ2) is 6.64. The predicted molar refractivity (Wildman–Crippen MR) is 85.4 cm³/mol. The van der Waals surface area contributed by atoms with Gasteiger partial charge in [-0.3, -0.25) is 0 Å². The smallest absolute Gasteiger partial charge is 0.343 e. The summed E-state index contributed by atoms with van der Waals surface area (Å²) in [5.74, 6) is 0.291. The van der Waals surface area contributed by atoms with Gasteiger partial charge in [0.05, 0.1) is 12.3 Å². The van der Waals surface area contributed by atoms with Gasteiger partial charge in [-0.05, 0) is 31.9 Å². The highest BCUT2D eigenvalue weighted by molar-refractivity contribution is 5.94. The second-order valence-electron chi connectivity index (χ2n) is 5.52. The molecule has 5 nitrogen and oxygen atoms in total. The number of para-hydroxylation sites is 1. The number of hydrogen-bond acceptors (Lipinski definition) is 4. The number of carbonyl (C=O) groups excluding carboxylic acids is 1. The number of benzene rings is 1. The molecule has 1 heterocycles. The minimum absolute atomic E-state index is 0.329. The van der Waals surface area contributed by atoms with Gasteiger partial charge in [0.1, 0.15) is 5.56 Å². The summed E-state index contributed by atoms with van der Waals surface area (Å²) in [5.41, 5.74) is 1.42. The van der Waals surface area contributed by atoms with Crippen LogP contribution in [0.1, 0.15) is 43.0 Å². The normalized spacial score (nSPS) is 15.0. The maximum absolute atomic E-state index is 12.2. The lowest BCUT2D eigenvalue weighted by Gasteiger charge is -2.12. The van der Waals surface area contributed by atoms with E-state index >= 15 is 0 Å². The minimum Gasteiger partial charge on any atom is -0.462 e. The van der Waals surface area contributed by atoms with E-state index in [1.807, 2.05) is 37.3 Å². The Hall–Kier alpha value is -2.30. The van der Waals surface area contributed by atoms with Crippen LogP contribution in [0.4, 0.5) is 5.82 Å². The fraction of sp³-hybridized carbons (Fsp3) is 0.412. The van der Waals surface area contributed by atoms with Crippen molar-refractivity contribution in [3.05, 3.63) is 42.1 Å². The third-order valence-electron chi connectivity index (χ3n) is 3.93. The molecule has 0 unspecified atom stereocenters. The number of nitrogens with one attached hydrogen (secondary N) is 1. The molecule has 0 saturated heterocycles. The zero-order valence-electron chi connectivity index (χ0n) is 12.8. The first-order chi connectivity index (χ1) is 10.8. The van der Waals surface area contributed by atoms with Crippen LogP contribution in [-0.4, -0.2) is 28.4 Å². The van der Waals surface area contributed by atoms with Gasteiger partial charge in [-0.25, -0.2) is 9.48 Å². The zero-order valence-corrected chi connectivity index (χ0v) is 12.8. The Kier molecular flexibility index (Phi) is 4.42. The highest BCUT2D eigenvalue weighted by Gasteiger charge is 2.22. The average molecular weight is 299 g/mol. The summed E-state index contributed by atoms with van der Waals surface area (Å²) in [6, 6.07) is 10.2. The summed E-state index contributed by atoms with van der Waals surface area (Å²) in [6.07, 6.45) is 6.45.